The zero-order valence-corrected chi connectivity index (χ0v) is 17.0. The lowest BCUT2D eigenvalue weighted by molar-refractivity contribution is 0.101. The molecule has 23 heavy (non-hydrogen) atoms. The number of carbonyl (C=O) groups is 1. The SMILES string of the molecule is O=Cc1nc2c(Br)c(Br)c(Br)c3c2n1C(N1CCNCC1)CC3. The van der Waals surface area contributed by atoms with E-state index in [4.69, 9.17) is 0 Å². The molecule has 1 saturated heterocycles. The van der Waals surface area contributed by atoms with Gasteiger partial charge in [-0.3, -0.25) is 9.69 Å². The van der Waals surface area contributed by atoms with Crippen molar-refractivity contribution in [3.05, 3.63) is 24.8 Å². The van der Waals surface area contributed by atoms with Crippen LogP contribution in [-0.4, -0.2) is 46.9 Å². The maximum atomic E-state index is 11.6. The van der Waals surface area contributed by atoms with Crippen molar-refractivity contribution in [2.75, 3.05) is 26.2 Å². The lowest BCUT2D eigenvalue weighted by Gasteiger charge is -2.38. The summed E-state index contributed by atoms with van der Waals surface area (Å²) in [6.45, 7) is 3.98. The van der Waals surface area contributed by atoms with Crippen LogP contribution in [-0.2, 0) is 6.42 Å². The topological polar surface area (TPSA) is 50.2 Å². The molecule has 2 aliphatic rings. The molecule has 2 aromatic rings. The molecule has 5 nitrogen and oxygen atoms in total. The quantitative estimate of drug-likeness (QED) is 0.500. The van der Waals surface area contributed by atoms with Gasteiger partial charge in [0.1, 0.15) is 5.52 Å². The summed E-state index contributed by atoms with van der Waals surface area (Å²) in [6, 6.07) is 0. The summed E-state index contributed by atoms with van der Waals surface area (Å²) in [7, 11) is 0. The Morgan fingerprint density at radius 2 is 1.87 bits per heavy atom. The number of benzene rings is 1. The molecule has 1 aromatic heterocycles. The summed E-state index contributed by atoms with van der Waals surface area (Å²) in [5.41, 5.74) is 3.16. The smallest absolute Gasteiger partial charge is 0.185 e. The molecule has 0 radical (unpaired) electrons. The van der Waals surface area contributed by atoms with Gasteiger partial charge in [0.15, 0.2) is 12.1 Å². The summed E-state index contributed by atoms with van der Waals surface area (Å²) in [5, 5.41) is 3.39. The third-order valence-electron chi connectivity index (χ3n) is 4.71. The van der Waals surface area contributed by atoms with Crippen molar-refractivity contribution in [1.82, 2.24) is 19.8 Å². The van der Waals surface area contributed by atoms with Crippen LogP contribution in [0.1, 0.15) is 28.8 Å². The van der Waals surface area contributed by atoms with E-state index in [1.54, 1.807) is 0 Å². The Hall–Kier alpha value is -0.280. The third-order valence-corrected chi connectivity index (χ3v) is 8.22. The number of imidazole rings is 1. The van der Waals surface area contributed by atoms with Crippen LogP contribution < -0.4 is 5.32 Å². The van der Waals surface area contributed by atoms with Gasteiger partial charge in [0.05, 0.1) is 16.2 Å². The number of rotatable bonds is 2. The first-order chi connectivity index (χ1) is 11.1. The van der Waals surface area contributed by atoms with E-state index >= 15 is 0 Å². The van der Waals surface area contributed by atoms with Gasteiger partial charge in [-0.2, -0.15) is 0 Å². The number of piperazine rings is 1. The second-order valence-electron chi connectivity index (χ2n) is 5.88. The monoisotopic (exact) mass is 504 g/mol. The molecule has 1 N–H and O–H groups in total. The molecule has 1 aromatic carbocycles. The average molecular weight is 507 g/mol. The molecule has 1 fully saturated rings. The lowest BCUT2D eigenvalue weighted by atomic mass is 10.0. The Morgan fingerprint density at radius 1 is 1.13 bits per heavy atom. The number of nitrogens with zero attached hydrogens (tertiary/aromatic N) is 3. The zero-order valence-electron chi connectivity index (χ0n) is 12.3. The molecule has 0 bridgehead atoms. The lowest BCUT2D eigenvalue weighted by Crippen LogP contribution is -2.47. The molecule has 2 aliphatic heterocycles. The summed E-state index contributed by atoms with van der Waals surface area (Å²) in [5.74, 6) is 0.509. The van der Waals surface area contributed by atoms with Crippen LogP contribution >= 0.6 is 47.8 Å². The van der Waals surface area contributed by atoms with Crippen LogP contribution in [0.5, 0.6) is 0 Å². The van der Waals surface area contributed by atoms with Gasteiger partial charge in [-0.25, -0.2) is 4.98 Å². The number of hydrogen-bond acceptors (Lipinski definition) is 4. The molecule has 1 atom stereocenters. The number of halogens is 3. The van der Waals surface area contributed by atoms with E-state index in [0.717, 1.165) is 69.8 Å². The predicted octanol–water partition coefficient (Wildman–Crippen LogP) is 3.49. The Morgan fingerprint density at radius 3 is 2.57 bits per heavy atom. The molecule has 1 unspecified atom stereocenters. The Kier molecular flexibility index (Phi) is 4.38. The van der Waals surface area contributed by atoms with E-state index in [-0.39, 0.29) is 6.17 Å². The van der Waals surface area contributed by atoms with Crippen LogP contribution in [0.15, 0.2) is 13.4 Å². The van der Waals surface area contributed by atoms with Crippen molar-refractivity contribution in [3.8, 4) is 0 Å². The van der Waals surface area contributed by atoms with Crippen LogP contribution in [0.4, 0.5) is 0 Å². The largest absolute Gasteiger partial charge is 0.314 e. The van der Waals surface area contributed by atoms with Crippen LogP contribution in [0.3, 0.4) is 0 Å². The molecule has 0 spiro atoms. The van der Waals surface area contributed by atoms with Crippen molar-refractivity contribution < 1.29 is 4.79 Å². The number of carbonyl (C=O) groups excluding carboxylic acids is 1. The van der Waals surface area contributed by atoms with Crippen LogP contribution in [0, 0.1) is 0 Å². The number of aryl methyl sites for hydroxylation is 1. The number of nitrogens with one attached hydrogen (secondary N) is 1. The van der Waals surface area contributed by atoms with Gasteiger partial charge >= 0.3 is 0 Å². The number of aromatic nitrogens is 2. The van der Waals surface area contributed by atoms with Gasteiger partial charge in [0, 0.05) is 35.1 Å². The minimum atomic E-state index is 0.203. The number of aldehydes is 1. The summed E-state index contributed by atoms with van der Waals surface area (Å²) in [6.07, 6.45) is 3.04. The van der Waals surface area contributed by atoms with Gasteiger partial charge in [-0.15, -0.1) is 0 Å². The normalized spacial score (nSPS) is 21.8. The molecule has 0 amide bonds. The van der Waals surface area contributed by atoms with E-state index in [1.807, 2.05) is 0 Å². The van der Waals surface area contributed by atoms with Gasteiger partial charge in [-0.1, -0.05) is 0 Å². The molecule has 0 saturated carbocycles. The molecule has 3 heterocycles. The maximum Gasteiger partial charge on any atom is 0.185 e. The highest BCUT2D eigenvalue weighted by atomic mass is 79.9. The van der Waals surface area contributed by atoms with Gasteiger partial charge in [0.25, 0.3) is 0 Å². The summed E-state index contributed by atoms with van der Waals surface area (Å²) in [4.78, 5) is 18.7. The highest BCUT2D eigenvalue weighted by Crippen LogP contribution is 2.45. The average Bonchev–Trinajstić information content (AvgIpc) is 2.99. The molecule has 122 valence electrons. The van der Waals surface area contributed by atoms with Gasteiger partial charge < -0.3 is 9.88 Å². The standard InChI is InChI=1S/C15H15Br3N4O/c16-11-8-1-2-10(21-5-3-19-4-6-21)22-9(7-23)20-14(15(8)22)13(18)12(11)17/h7,10,19H,1-6H2. The van der Waals surface area contributed by atoms with Gasteiger partial charge in [-0.05, 0) is 66.2 Å². The van der Waals surface area contributed by atoms with E-state index in [1.165, 1.54) is 5.56 Å². The molecular weight excluding hydrogens is 492 g/mol. The van der Waals surface area contributed by atoms with Crippen molar-refractivity contribution in [1.29, 1.82) is 0 Å². The fourth-order valence-electron chi connectivity index (χ4n) is 3.67. The fraction of sp³-hybridized carbons (Fsp3) is 0.467. The Labute approximate surface area is 159 Å². The second-order valence-corrected chi connectivity index (χ2v) is 8.26. The van der Waals surface area contributed by atoms with Crippen molar-refractivity contribution in [2.45, 2.75) is 19.0 Å². The summed E-state index contributed by atoms with van der Waals surface area (Å²) >= 11 is 10.9. The molecule has 0 aliphatic carbocycles. The molecule has 8 heteroatoms. The van der Waals surface area contributed by atoms with E-state index < -0.39 is 0 Å². The van der Waals surface area contributed by atoms with Crippen molar-refractivity contribution in [2.24, 2.45) is 0 Å². The third kappa shape index (κ3) is 2.45. The number of hydrogen-bond donors (Lipinski definition) is 1. The van der Waals surface area contributed by atoms with Crippen molar-refractivity contribution in [3.63, 3.8) is 0 Å². The molecular formula is C15H15Br3N4O. The first-order valence-corrected chi connectivity index (χ1v) is 9.98. The predicted molar refractivity (Wildman–Crippen MR) is 100 cm³/mol. The first kappa shape index (κ1) is 16.2. The minimum Gasteiger partial charge on any atom is -0.314 e. The van der Waals surface area contributed by atoms with Crippen LogP contribution in [0.25, 0.3) is 11.0 Å². The Bertz CT molecular complexity index is 798. The maximum absolute atomic E-state index is 11.6. The zero-order chi connectivity index (χ0) is 16.1. The highest BCUT2D eigenvalue weighted by Gasteiger charge is 2.33. The minimum absolute atomic E-state index is 0.203. The highest BCUT2D eigenvalue weighted by molar-refractivity contribution is 9.14. The molecule has 4 rings (SSSR count). The van der Waals surface area contributed by atoms with Gasteiger partial charge in [0.2, 0.25) is 0 Å². The Balaban J connectivity index is 1.97. The fourth-order valence-corrected chi connectivity index (χ4v) is 5.42. The summed E-state index contributed by atoms with van der Waals surface area (Å²) < 4.78 is 5.04. The first-order valence-electron chi connectivity index (χ1n) is 7.60. The van der Waals surface area contributed by atoms with E-state index in [9.17, 15) is 4.79 Å². The van der Waals surface area contributed by atoms with E-state index in [0.29, 0.717) is 5.82 Å². The van der Waals surface area contributed by atoms with E-state index in [2.05, 4.69) is 67.6 Å². The van der Waals surface area contributed by atoms with Crippen LogP contribution in [0.2, 0.25) is 0 Å². The second kappa shape index (κ2) is 6.22. The van der Waals surface area contributed by atoms with Crippen molar-refractivity contribution >= 4 is 65.1 Å².